The molecule has 17 heavy (non-hydrogen) atoms. The van der Waals surface area contributed by atoms with Gasteiger partial charge >= 0.3 is 11.9 Å². The van der Waals surface area contributed by atoms with Crippen molar-refractivity contribution in [2.45, 2.75) is 39.7 Å². The molecule has 0 radical (unpaired) electrons. The third kappa shape index (κ3) is 10.4. The van der Waals surface area contributed by atoms with Crippen LogP contribution in [0, 0.1) is 0 Å². The molecule has 0 heterocycles. The molecule has 0 saturated carbocycles. The number of carbonyl (C=O) groups excluding carboxylic acids is 1. The van der Waals surface area contributed by atoms with Gasteiger partial charge in [-0.25, -0.2) is 4.79 Å². The number of carboxylic acid groups (broad SMARTS) is 2. The minimum Gasteiger partial charge on any atom is -0.481 e. The maximum absolute atomic E-state index is 11.0. The lowest BCUT2D eigenvalue weighted by Gasteiger charge is -2.11. The average Bonchev–Trinajstić information content (AvgIpc) is 2.26. The van der Waals surface area contributed by atoms with Crippen LogP contribution in [0.3, 0.4) is 0 Å². The number of rotatable bonds is 6. The van der Waals surface area contributed by atoms with E-state index in [1.807, 2.05) is 13.8 Å². The van der Waals surface area contributed by atoms with Crippen LogP contribution in [-0.2, 0) is 14.4 Å². The predicted molar refractivity (Wildman–Crippen MR) is 62.6 cm³/mol. The number of hydrogen-bond acceptors (Lipinski definition) is 3. The molecule has 6 heteroatoms. The third-order valence-electron chi connectivity index (χ3n) is 1.58. The highest BCUT2D eigenvalue weighted by Gasteiger charge is 2.19. The lowest BCUT2D eigenvalue weighted by atomic mass is 10.1. The van der Waals surface area contributed by atoms with Crippen LogP contribution in [0.2, 0.25) is 0 Å². The molecule has 3 N–H and O–H groups in total. The van der Waals surface area contributed by atoms with Crippen LogP contribution in [0.1, 0.15) is 33.6 Å². The van der Waals surface area contributed by atoms with Gasteiger partial charge in [0.25, 0.3) is 0 Å². The topological polar surface area (TPSA) is 104 Å². The molecule has 1 amide bonds. The quantitative estimate of drug-likeness (QED) is 0.606. The van der Waals surface area contributed by atoms with Gasteiger partial charge in [-0.05, 0) is 19.4 Å². The van der Waals surface area contributed by atoms with Crippen molar-refractivity contribution in [1.29, 1.82) is 0 Å². The number of allylic oxidation sites excluding steroid dienone is 1. The zero-order valence-electron chi connectivity index (χ0n) is 10.3. The molecule has 0 bridgehead atoms. The summed E-state index contributed by atoms with van der Waals surface area (Å²) >= 11 is 0. The van der Waals surface area contributed by atoms with Gasteiger partial charge in [0.05, 0.1) is 0 Å². The molecule has 0 rings (SSSR count). The Kier molecular flexibility index (Phi) is 11.0. The van der Waals surface area contributed by atoms with E-state index in [9.17, 15) is 14.4 Å². The largest absolute Gasteiger partial charge is 0.481 e. The molecule has 0 fully saturated rings. The molecule has 0 aliphatic rings. The van der Waals surface area contributed by atoms with Crippen LogP contribution >= 0.6 is 0 Å². The summed E-state index contributed by atoms with van der Waals surface area (Å²) in [5.74, 6) is -2.88. The zero-order chi connectivity index (χ0) is 13.8. The van der Waals surface area contributed by atoms with E-state index in [-0.39, 0.29) is 12.8 Å². The second-order valence-electron chi connectivity index (χ2n) is 2.83. The summed E-state index contributed by atoms with van der Waals surface area (Å²) in [6.45, 7) is 5.62. The second-order valence-corrected chi connectivity index (χ2v) is 2.83. The van der Waals surface area contributed by atoms with Gasteiger partial charge < -0.3 is 15.5 Å². The van der Waals surface area contributed by atoms with Gasteiger partial charge in [0.1, 0.15) is 6.04 Å². The fraction of sp³-hybridized carbons (Fsp3) is 0.545. The number of carbonyl (C=O) groups is 3. The molecule has 0 aromatic heterocycles. The summed E-state index contributed by atoms with van der Waals surface area (Å²) in [6.07, 6.45) is 2.21. The van der Waals surface area contributed by atoms with E-state index in [2.05, 4.69) is 5.32 Å². The molecule has 0 aliphatic heterocycles. The summed E-state index contributed by atoms with van der Waals surface area (Å²) < 4.78 is 0. The van der Waals surface area contributed by atoms with Crippen molar-refractivity contribution >= 4 is 17.8 Å². The maximum atomic E-state index is 11.0. The van der Waals surface area contributed by atoms with Crippen LogP contribution in [0.4, 0.5) is 0 Å². The molecule has 0 aliphatic carbocycles. The van der Waals surface area contributed by atoms with Gasteiger partial charge in [0, 0.05) is 6.42 Å². The van der Waals surface area contributed by atoms with Crippen molar-refractivity contribution < 1.29 is 24.6 Å². The first-order valence-corrected chi connectivity index (χ1v) is 5.35. The van der Waals surface area contributed by atoms with Gasteiger partial charge in [0.2, 0.25) is 5.91 Å². The van der Waals surface area contributed by atoms with Crippen LogP contribution < -0.4 is 5.32 Å². The summed E-state index contributed by atoms with van der Waals surface area (Å²) in [7, 11) is 0. The van der Waals surface area contributed by atoms with E-state index < -0.39 is 23.9 Å². The molecule has 0 spiro atoms. The van der Waals surface area contributed by atoms with Crippen molar-refractivity contribution in [1.82, 2.24) is 5.32 Å². The highest BCUT2D eigenvalue weighted by molar-refractivity contribution is 5.91. The van der Waals surface area contributed by atoms with Crippen molar-refractivity contribution in [3.8, 4) is 0 Å². The average molecular weight is 245 g/mol. The van der Waals surface area contributed by atoms with Crippen molar-refractivity contribution in [2.75, 3.05) is 0 Å². The zero-order valence-corrected chi connectivity index (χ0v) is 10.3. The number of carboxylic acids is 2. The maximum Gasteiger partial charge on any atom is 0.326 e. The molecular weight excluding hydrogens is 226 g/mol. The van der Waals surface area contributed by atoms with Crippen LogP contribution in [0.15, 0.2) is 12.2 Å². The molecule has 0 aromatic carbocycles. The first-order valence-electron chi connectivity index (χ1n) is 5.35. The van der Waals surface area contributed by atoms with Crippen molar-refractivity contribution in [3.63, 3.8) is 0 Å². The Balaban J connectivity index is 0. The van der Waals surface area contributed by atoms with E-state index in [0.29, 0.717) is 0 Å². The Morgan fingerprint density at radius 3 is 2.12 bits per heavy atom. The van der Waals surface area contributed by atoms with Crippen molar-refractivity contribution in [2.24, 2.45) is 0 Å². The summed E-state index contributed by atoms with van der Waals surface area (Å²) in [6, 6.07) is -1.16. The van der Waals surface area contributed by atoms with Crippen LogP contribution in [0.5, 0.6) is 0 Å². The third-order valence-corrected chi connectivity index (χ3v) is 1.58. The molecule has 98 valence electrons. The van der Waals surface area contributed by atoms with Gasteiger partial charge in [0.15, 0.2) is 0 Å². The van der Waals surface area contributed by atoms with E-state index in [1.165, 1.54) is 12.2 Å². The first kappa shape index (κ1) is 17.5. The summed E-state index contributed by atoms with van der Waals surface area (Å²) in [4.78, 5) is 31.8. The molecule has 0 aromatic rings. The highest BCUT2D eigenvalue weighted by atomic mass is 16.4. The summed E-state index contributed by atoms with van der Waals surface area (Å²) in [5, 5.41) is 19.2. The van der Waals surface area contributed by atoms with Gasteiger partial charge in [-0.3, -0.25) is 9.59 Å². The minimum absolute atomic E-state index is 0.131. The molecule has 1 unspecified atom stereocenters. The van der Waals surface area contributed by atoms with E-state index in [1.54, 1.807) is 6.92 Å². The molecule has 0 saturated heterocycles. The Hall–Kier alpha value is -1.85. The lowest BCUT2D eigenvalue weighted by Crippen LogP contribution is -2.40. The SMILES string of the molecule is C/C=C/C(=O)NC(CCC(=O)O)C(=O)O.CC. The van der Waals surface area contributed by atoms with Crippen LogP contribution in [0.25, 0.3) is 0 Å². The lowest BCUT2D eigenvalue weighted by molar-refractivity contribution is -0.142. The highest BCUT2D eigenvalue weighted by Crippen LogP contribution is 1.98. The number of hydrogen-bond donors (Lipinski definition) is 3. The Morgan fingerprint density at radius 1 is 1.24 bits per heavy atom. The van der Waals surface area contributed by atoms with Gasteiger partial charge in [-0.15, -0.1) is 0 Å². The smallest absolute Gasteiger partial charge is 0.326 e. The van der Waals surface area contributed by atoms with Crippen LogP contribution in [-0.4, -0.2) is 34.1 Å². The Morgan fingerprint density at radius 2 is 1.76 bits per heavy atom. The fourth-order valence-electron chi connectivity index (χ4n) is 0.896. The number of nitrogens with one attached hydrogen (secondary N) is 1. The van der Waals surface area contributed by atoms with Crippen molar-refractivity contribution in [3.05, 3.63) is 12.2 Å². The predicted octanol–water partition coefficient (Wildman–Crippen LogP) is 1.02. The molecular formula is C11H19NO5. The van der Waals surface area contributed by atoms with E-state index >= 15 is 0 Å². The van der Waals surface area contributed by atoms with E-state index in [4.69, 9.17) is 10.2 Å². The monoisotopic (exact) mass is 245 g/mol. The normalized spacial score (nSPS) is 11.2. The standard InChI is InChI=1S/C9H13NO5.C2H6/c1-2-3-7(11)10-6(9(14)15)4-5-8(12)13;1-2/h2-3,6H,4-5H2,1H3,(H,10,11)(H,12,13)(H,14,15);1-2H3/b3-2+;. The molecule has 1 atom stereocenters. The fourth-order valence-corrected chi connectivity index (χ4v) is 0.896. The minimum atomic E-state index is -1.24. The Bertz CT molecular complexity index is 286. The second kappa shape index (κ2) is 10.7. The summed E-state index contributed by atoms with van der Waals surface area (Å²) in [5.41, 5.74) is 0. The van der Waals surface area contributed by atoms with E-state index in [0.717, 1.165) is 0 Å². The van der Waals surface area contributed by atoms with Gasteiger partial charge in [-0.2, -0.15) is 0 Å². The molecule has 6 nitrogen and oxygen atoms in total. The number of aliphatic carboxylic acids is 2. The Labute approximate surface area is 100 Å². The number of amides is 1. The first-order chi connectivity index (χ1) is 7.97. The van der Waals surface area contributed by atoms with Gasteiger partial charge in [-0.1, -0.05) is 19.9 Å².